The third-order valence-electron chi connectivity index (χ3n) is 23.5. The molecule has 9 fully saturated rings. The number of phenolic OH excluding ortho intramolecular Hbond substituents is 3. The van der Waals surface area contributed by atoms with E-state index >= 15 is 0 Å². The summed E-state index contributed by atoms with van der Waals surface area (Å²) in [5.41, 5.74) is -4.41. The average molecular weight is 957 g/mol. The second-order valence-corrected chi connectivity index (χ2v) is 25.1. The standard InChI is InChI=1S/C54H60N4O12/c1-55-19-16-46-34-25-4-7-28(59)37(34)65-40(46)49(10-13-52(46,62)31(55)22-25)43-58-44(68-49)50(11-14-53(63)32-23-26-5-8-29(60)38-35(26)47(53,41(50)66-38)17-20-56(32)2)70-45(58)51(69-43)12-15-54(64)33-24-27-6-9-30(61)39-36(27)48(54,42(51)67-39)18-21-57(33)3/h4-9,31-33,40-45,59-64H,10-24H2,1-3H3/t31-,32-,33-,40-,41-,42-,43+,44+,45+,46+,47+,48+,49+,50+,51+,52-,53-,54-/m1/s1. The molecule has 9 aliphatic heterocycles. The number of aliphatic hydroxyl groups is 3. The van der Waals surface area contributed by atoms with Crippen LogP contribution in [0.4, 0.5) is 0 Å². The fourth-order valence-corrected chi connectivity index (χ4v) is 20.9. The van der Waals surface area contributed by atoms with E-state index in [4.69, 9.17) is 28.4 Å². The molecular weight excluding hydrogens is 897 g/mol. The number of ether oxygens (including phenoxy) is 6. The number of piperidine rings is 3. The number of nitrogens with zero attached hydrogens (tertiary/aromatic N) is 4. The highest BCUT2D eigenvalue weighted by Crippen LogP contribution is 2.77. The molecule has 3 saturated carbocycles. The molecule has 18 atom stereocenters. The van der Waals surface area contributed by atoms with E-state index in [0.717, 1.165) is 33.4 Å². The van der Waals surface area contributed by atoms with Gasteiger partial charge in [-0.2, -0.15) is 0 Å². The van der Waals surface area contributed by atoms with Gasteiger partial charge in [0, 0.05) is 34.8 Å². The average Bonchev–Trinajstić information content (AvgIpc) is 4.18. The summed E-state index contributed by atoms with van der Waals surface area (Å²) in [6, 6.07) is 10.6. The topological polar surface area (TPSA) is 190 Å². The highest BCUT2D eigenvalue weighted by Gasteiger charge is 2.91. The highest BCUT2D eigenvalue weighted by atomic mass is 16.7. The predicted molar refractivity (Wildman–Crippen MR) is 244 cm³/mol. The summed E-state index contributed by atoms with van der Waals surface area (Å²) in [5, 5.41) is 76.2. The fourth-order valence-electron chi connectivity index (χ4n) is 20.9. The minimum atomic E-state index is -1.24. The maximum Gasteiger partial charge on any atom is 0.165 e. The molecule has 6 aliphatic carbocycles. The van der Waals surface area contributed by atoms with Crippen LogP contribution in [0.2, 0.25) is 0 Å². The Labute approximate surface area is 404 Å². The molecule has 0 radical (unpaired) electrons. The summed E-state index contributed by atoms with van der Waals surface area (Å²) in [6.07, 6.45) is 1.07. The van der Waals surface area contributed by atoms with Crippen molar-refractivity contribution in [3.05, 3.63) is 69.8 Å². The Morgan fingerprint density at radius 1 is 0.429 bits per heavy atom. The van der Waals surface area contributed by atoms with Crippen molar-refractivity contribution in [2.75, 3.05) is 40.8 Å². The largest absolute Gasteiger partial charge is 0.504 e. The normalized spacial score (nSPS) is 52.6. The Morgan fingerprint density at radius 3 is 1.03 bits per heavy atom. The first-order valence-corrected chi connectivity index (χ1v) is 26.2. The smallest absolute Gasteiger partial charge is 0.165 e. The predicted octanol–water partition coefficient (Wildman–Crippen LogP) is 2.14. The first kappa shape index (κ1) is 40.5. The molecule has 70 heavy (non-hydrogen) atoms. The van der Waals surface area contributed by atoms with Gasteiger partial charge in [0.15, 0.2) is 34.5 Å². The molecule has 15 aliphatic rings. The molecule has 3 aromatic carbocycles. The maximum atomic E-state index is 13.6. The number of benzene rings is 3. The van der Waals surface area contributed by atoms with E-state index in [-0.39, 0.29) is 35.4 Å². The minimum absolute atomic E-state index is 0.0393. The van der Waals surface area contributed by atoms with Gasteiger partial charge in [-0.1, -0.05) is 18.2 Å². The van der Waals surface area contributed by atoms with Crippen LogP contribution < -0.4 is 14.2 Å². The molecule has 0 unspecified atom stereocenters. The van der Waals surface area contributed by atoms with E-state index in [9.17, 15) is 30.6 Å². The summed E-state index contributed by atoms with van der Waals surface area (Å²) in [4.78, 5) is 9.18. The van der Waals surface area contributed by atoms with Gasteiger partial charge in [0.2, 0.25) is 0 Å². The minimum Gasteiger partial charge on any atom is -0.504 e. The lowest BCUT2D eigenvalue weighted by Gasteiger charge is -2.66. The van der Waals surface area contributed by atoms with Crippen molar-refractivity contribution in [1.29, 1.82) is 0 Å². The molecule has 18 rings (SSSR count). The zero-order valence-electron chi connectivity index (χ0n) is 39.7. The van der Waals surface area contributed by atoms with Gasteiger partial charge in [-0.15, -0.1) is 0 Å². The van der Waals surface area contributed by atoms with Gasteiger partial charge in [-0.05, 0) is 153 Å². The van der Waals surface area contributed by atoms with Crippen LogP contribution in [0.3, 0.4) is 0 Å². The van der Waals surface area contributed by atoms with E-state index in [1.165, 1.54) is 0 Å². The molecule has 16 nitrogen and oxygen atoms in total. The molecule has 0 amide bonds. The van der Waals surface area contributed by atoms with Crippen LogP contribution in [0.5, 0.6) is 34.5 Å². The van der Waals surface area contributed by atoms with E-state index in [0.29, 0.717) is 114 Å². The van der Waals surface area contributed by atoms with E-state index < -0.39 is 86.8 Å². The van der Waals surface area contributed by atoms with E-state index in [2.05, 4.69) is 40.7 Å². The first-order chi connectivity index (χ1) is 33.6. The van der Waals surface area contributed by atoms with Gasteiger partial charge in [0.25, 0.3) is 0 Å². The lowest BCUT2D eigenvalue weighted by molar-refractivity contribution is -0.285. The van der Waals surface area contributed by atoms with Gasteiger partial charge in [-0.25, -0.2) is 4.90 Å². The van der Waals surface area contributed by atoms with Crippen molar-refractivity contribution in [2.45, 2.75) is 182 Å². The van der Waals surface area contributed by atoms with Crippen LogP contribution in [-0.4, -0.2) is 180 Å². The van der Waals surface area contributed by atoms with Crippen LogP contribution in [0.15, 0.2) is 36.4 Å². The molecule has 6 spiro atoms. The number of aromatic hydroxyl groups is 3. The van der Waals surface area contributed by atoms with Crippen molar-refractivity contribution in [3.63, 3.8) is 0 Å². The van der Waals surface area contributed by atoms with Gasteiger partial charge < -0.3 is 73.8 Å². The van der Waals surface area contributed by atoms with Crippen molar-refractivity contribution in [1.82, 2.24) is 19.6 Å². The second-order valence-electron chi connectivity index (χ2n) is 25.1. The summed E-state index contributed by atoms with van der Waals surface area (Å²) in [6.45, 7) is 2.13. The van der Waals surface area contributed by atoms with Crippen LogP contribution in [-0.2, 0) is 49.7 Å². The Kier molecular flexibility index (Phi) is 6.69. The SMILES string of the molecule is CN1CC[C@]23c4c5ccc(O)c4O[C@H]2[C@]2(CC[C@@]3(O)[C@H]1C5)O[C@@H]1N3[C@H]2O[C@]2(CC[C@@]4(O)[C@H]5Cc6ccc(O)c7c6[C@@]4(CCN5C)[C@H]2O7)[C@@H]3O[C@]12CC[C@@]1(O)[C@H]3Cc4ccc(O)c5c4[C@@]1(CCN3C)[C@H]2O5. The van der Waals surface area contributed by atoms with Crippen LogP contribution in [0.25, 0.3) is 0 Å². The quantitative estimate of drug-likeness (QED) is 0.192. The van der Waals surface area contributed by atoms with Crippen molar-refractivity contribution < 1.29 is 59.1 Å². The van der Waals surface area contributed by atoms with Crippen molar-refractivity contribution in [3.8, 4) is 34.5 Å². The van der Waals surface area contributed by atoms with E-state index in [1.807, 2.05) is 18.2 Å². The molecule has 6 saturated heterocycles. The Balaban J connectivity index is 0.876. The molecular formula is C54H60N4O12. The maximum absolute atomic E-state index is 13.6. The third kappa shape index (κ3) is 3.60. The van der Waals surface area contributed by atoms with Crippen molar-refractivity contribution in [2.24, 2.45) is 0 Å². The molecule has 16 heteroatoms. The molecule has 368 valence electrons. The molecule has 0 aromatic heterocycles. The van der Waals surface area contributed by atoms with Crippen LogP contribution in [0.1, 0.15) is 91.2 Å². The lowest BCUT2D eigenvalue weighted by Crippen LogP contribution is -2.81. The highest BCUT2D eigenvalue weighted by molar-refractivity contribution is 5.67. The summed E-state index contributed by atoms with van der Waals surface area (Å²) >= 11 is 0. The Morgan fingerprint density at radius 2 is 0.729 bits per heavy atom. The van der Waals surface area contributed by atoms with Gasteiger partial charge in [0.05, 0.1) is 33.0 Å². The third-order valence-corrected chi connectivity index (χ3v) is 23.5. The number of hydrogen-bond acceptors (Lipinski definition) is 16. The Hall–Kier alpha value is -3.94. The fraction of sp³-hybridized carbons (Fsp3) is 0.667. The van der Waals surface area contributed by atoms with Crippen molar-refractivity contribution >= 4 is 0 Å². The zero-order valence-corrected chi connectivity index (χ0v) is 39.7. The van der Waals surface area contributed by atoms with Gasteiger partial charge >= 0.3 is 0 Å². The lowest BCUT2D eigenvalue weighted by atomic mass is 9.46. The second kappa shape index (κ2) is 11.5. The monoisotopic (exact) mass is 956 g/mol. The van der Waals surface area contributed by atoms with Crippen LogP contribution >= 0.6 is 0 Å². The number of rotatable bonds is 0. The number of likely N-dealkylation sites (tertiary alicyclic amines) is 3. The number of phenols is 3. The molecule has 6 bridgehead atoms. The number of likely N-dealkylation sites (N-methyl/N-ethyl adjacent to an activating group) is 3. The zero-order chi connectivity index (χ0) is 47.0. The molecule has 9 heterocycles. The molecule has 6 N–H and O–H groups in total. The van der Waals surface area contributed by atoms with Crippen LogP contribution in [0, 0.1) is 0 Å². The van der Waals surface area contributed by atoms with Gasteiger partial charge in [0.1, 0.15) is 53.8 Å². The summed E-state index contributed by atoms with van der Waals surface area (Å²) < 4.78 is 46.3. The summed E-state index contributed by atoms with van der Waals surface area (Å²) in [5.74, 6) is 1.35. The number of hydrogen-bond donors (Lipinski definition) is 6. The first-order valence-electron chi connectivity index (χ1n) is 26.2. The van der Waals surface area contributed by atoms with E-state index in [1.54, 1.807) is 18.2 Å². The molecule has 3 aromatic rings. The number of fused-ring (bicyclic) bond motifs is 6. The summed E-state index contributed by atoms with van der Waals surface area (Å²) in [7, 11) is 6.31. The van der Waals surface area contributed by atoms with Gasteiger partial charge in [-0.3, -0.25) is 0 Å². The Bertz CT molecular complexity index is 2700.